The molecule has 4 nitrogen and oxygen atoms in total. The number of benzene rings is 2. The zero-order valence-electron chi connectivity index (χ0n) is 12.2. The Morgan fingerprint density at radius 2 is 1.90 bits per heavy atom. The van der Waals surface area contributed by atoms with Gasteiger partial charge in [-0.25, -0.2) is 4.39 Å². The lowest BCUT2D eigenvalue weighted by Crippen LogP contribution is -2.15. The Bertz CT molecular complexity index is 699. The molecule has 0 aromatic heterocycles. The fourth-order valence-electron chi connectivity index (χ4n) is 1.97. The molecule has 5 heteroatoms. The minimum atomic E-state index is -0.628. The van der Waals surface area contributed by atoms with E-state index in [0.29, 0.717) is 17.1 Å². The van der Waals surface area contributed by atoms with Gasteiger partial charge in [-0.3, -0.25) is 4.79 Å². The molecule has 2 aromatic carbocycles. The quantitative estimate of drug-likeness (QED) is 0.852. The number of nitrogen functional groups attached to an aromatic ring is 1. The van der Waals surface area contributed by atoms with Crippen LogP contribution in [0.2, 0.25) is 0 Å². The van der Waals surface area contributed by atoms with Crippen molar-refractivity contribution in [3.05, 3.63) is 52.8 Å². The lowest BCUT2D eigenvalue weighted by atomic mass is 10.1. The van der Waals surface area contributed by atoms with Crippen molar-refractivity contribution in [3.63, 3.8) is 0 Å². The zero-order valence-corrected chi connectivity index (χ0v) is 12.2. The number of anilines is 2. The fraction of sp³-hybridized carbons (Fsp3) is 0.188. The number of rotatable bonds is 3. The third kappa shape index (κ3) is 3.13. The van der Waals surface area contributed by atoms with Crippen molar-refractivity contribution >= 4 is 17.3 Å². The van der Waals surface area contributed by atoms with Crippen LogP contribution in [-0.2, 0) is 0 Å². The second kappa shape index (κ2) is 5.83. The molecule has 0 fully saturated rings. The minimum Gasteiger partial charge on any atom is -0.497 e. The summed E-state index contributed by atoms with van der Waals surface area (Å²) in [6.07, 6.45) is 0. The average molecular weight is 288 g/mol. The molecule has 2 rings (SSSR count). The van der Waals surface area contributed by atoms with Crippen LogP contribution in [0, 0.1) is 19.7 Å². The van der Waals surface area contributed by atoms with E-state index in [4.69, 9.17) is 10.5 Å². The van der Waals surface area contributed by atoms with Gasteiger partial charge in [-0.15, -0.1) is 0 Å². The molecule has 0 saturated carbocycles. The molecule has 0 aliphatic heterocycles. The van der Waals surface area contributed by atoms with Gasteiger partial charge < -0.3 is 15.8 Å². The van der Waals surface area contributed by atoms with Gasteiger partial charge in [0, 0.05) is 17.4 Å². The number of carbonyl (C=O) groups excluding carboxylic acids is 1. The largest absolute Gasteiger partial charge is 0.497 e. The van der Waals surface area contributed by atoms with Gasteiger partial charge in [0.15, 0.2) is 0 Å². The van der Waals surface area contributed by atoms with Crippen LogP contribution < -0.4 is 15.8 Å². The predicted molar refractivity (Wildman–Crippen MR) is 81.2 cm³/mol. The van der Waals surface area contributed by atoms with E-state index in [0.717, 1.165) is 11.1 Å². The van der Waals surface area contributed by atoms with Crippen molar-refractivity contribution in [1.82, 2.24) is 0 Å². The summed E-state index contributed by atoms with van der Waals surface area (Å²) >= 11 is 0. The fourth-order valence-corrected chi connectivity index (χ4v) is 1.97. The first kappa shape index (κ1) is 14.8. The lowest BCUT2D eigenvalue weighted by molar-refractivity contribution is 0.102. The Kier molecular flexibility index (Phi) is 4.12. The molecule has 0 atom stereocenters. The number of nitrogens with one attached hydrogen (secondary N) is 1. The van der Waals surface area contributed by atoms with Crippen molar-refractivity contribution in [2.45, 2.75) is 13.8 Å². The third-order valence-corrected chi connectivity index (χ3v) is 3.28. The van der Waals surface area contributed by atoms with E-state index in [-0.39, 0.29) is 5.56 Å². The lowest BCUT2D eigenvalue weighted by Gasteiger charge is -2.12. The van der Waals surface area contributed by atoms with E-state index in [2.05, 4.69) is 5.32 Å². The molecule has 0 spiro atoms. The summed E-state index contributed by atoms with van der Waals surface area (Å²) in [7, 11) is 1.44. The Hall–Kier alpha value is -2.56. The second-order valence-electron chi connectivity index (χ2n) is 4.82. The van der Waals surface area contributed by atoms with Gasteiger partial charge >= 0.3 is 0 Å². The minimum absolute atomic E-state index is 0.0373. The van der Waals surface area contributed by atoms with Gasteiger partial charge in [0.25, 0.3) is 5.91 Å². The number of nitrogens with two attached hydrogens (primary N) is 1. The van der Waals surface area contributed by atoms with Crippen LogP contribution >= 0.6 is 0 Å². The molecule has 0 radical (unpaired) electrons. The first-order chi connectivity index (χ1) is 9.92. The maximum Gasteiger partial charge on any atom is 0.258 e. The molecule has 2 aromatic rings. The molecule has 21 heavy (non-hydrogen) atoms. The molecule has 3 N–H and O–H groups in total. The summed E-state index contributed by atoms with van der Waals surface area (Å²) in [6, 6.07) is 7.65. The summed E-state index contributed by atoms with van der Waals surface area (Å²) in [5.74, 6) is -0.775. The van der Waals surface area contributed by atoms with Crippen LogP contribution in [0.3, 0.4) is 0 Å². The van der Waals surface area contributed by atoms with E-state index >= 15 is 0 Å². The summed E-state index contributed by atoms with van der Waals surface area (Å²) < 4.78 is 18.8. The van der Waals surface area contributed by atoms with E-state index in [1.165, 1.54) is 19.2 Å². The van der Waals surface area contributed by atoms with Crippen LogP contribution in [0.15, 0.2) is 30.3 Å². The molecule has 110 valence electrons. The molecule has 0 bridgehead atoms. The SMILES string of the molecule is COc1ccc(C(=O)Nc2cc(C)c(N)cc2C)c(F)c1. The van der Waals surface area contributed by atoms with Crippen molar-refractivity contribution in [3.8, 4) is 5.75 Å². The monoisotopic (exact) mass is 288 g/mol. The highest BCUT2D eigenvalue weighted by atomic mass is 19.1. The molecule has 0 aliphatic rings. The number of halogens is 1. The maximum absolute atomic E-state index is 13.9. The highest BCUT2D eigenvalue weighted by molar-refractivity contribution is 6.05. The Morgan fingerprint density at radius 3 is 2.52 bits per heavy atom. The highest BCUT2D eigenvalue weighted by Gasteiger charge is 2.14. The first-order valence-electron chi connectivity index (χ1n) is 6.44. The van der Waals surface area contributed by atoms with Gasteiger partial charge in [0.1, 0.15) is 11.6 Å². The van der Waals surface area contributed by atoms with Gasteiger partial charge in [0.05, 0.1) is 12.7 Å². The van der Waals surface area contributed by atoms with Crippen molar-refractivity contribution in [2.75, 3.05) is 18.2 Å². The molecule has 0 unspecified atom stereocenters. The first-order valence-corrected chi connectivity index (χ1v) is 6.44. The van der Waals surface area contributed by atoms with E-state index in [9.17, 15) is 9.18 Å². The summed E-state index contributed by atoms with van der Waals surface area (Å²) in [5, 5.41) is 2.70. The molecular formula is C16H17FN2O2. The Labute approximate surface area is 122 Å². The van der Waals surface area contributed by atoms with Crippen molar-refractivity contribution in [2.24, 2.45) is 0 Å². The normalized spacial score (nSPS) is 10.3. The van der Waals surface area contributed by atoms with Crippen LogP contribution in [0.1, 0.15) is 21.5 Å². The zero-order chi connectivity index (χ0) is 15.6. The molecule has 0 saturated heterocycles. The highest BCUT2D eigenvalue weighted by Crippen LogP contribution is 2.23. The van der Waals surface area contributed by atoms with Crippen LogP contribution in [-0.4, -0.2) is 13.0 Å². The standard InChI is InChI=1S/C16H17FN2O2/c1-9-7-15(10(2)6-14(9)18)19-16(20)12-5-4-11(21-3)8-13(12)17/h4-8H,18H2,1-3H3,(H,19,20). The van der Waals surface area contributed by atoms with E-state index in [1.54, 1.807) is 18.2 Å². The Balaban J connectivity index is 2.28. The van der Waals surface area contributed by atoms with Gasteiger partial charge in [-0.05, 0) is 49.2 Å². The van der Waals surface area contributed by atoms with Crippen LogP contribution in [0.4, 0.5) is 15.8 Å². The Morgan fingerprint density at radius 1 is 1.19 bits per heavy atom. The number of hydrogen-bond donors (Lipinski definition) is 2. The van der Waals surface area contributed by atoms with Gasteiger partial charge in [-0.1, -0.05) is 0 Å². The smallest absolute Gasteiger partial charge is 0.258 e. The number of aryl methyl sites for hydroxylation is 2. The molecule has 1 amide bonds. The van der Waals surface area contributed by atoms with Crippen molar-refractivity contribution < 1.29 is 13.9 Å². The molecule has 0 heterocycles. The van der Waals surface area contributed by atoms with Crippen molar-refractivity contribution in [1.29, 1.82) is 0 Å². The number of hydrogen-bond acceptors (Lipinski definition) is 3. The third-order valence-electron chi connectivity index (χ3n) is 3.28. The molecular weight excluding hydrogens is 271 g/mol. The summed E-state index contributed by atoms with van der Waals surface area (Å²) in [5.41, 5.74) is 8.70. The van der Waals surface area contributed by atoms with Crippen LogP contribution in [0.25, 0.3) is 0 Å². The topological polar surface area (TPSA) is 64.3 Å². The predicted octanol–water partition coefficient (Wildman–Crippen LogP) is 3.29. The summed E-state index contributed by atoms with van der Waals surface area (Å²) in [4.78, 5) is 12.2. The second-order valence-corrected chi connectivity index (χ2v) is 4.82. The van der Waals surface area contributed by atoms with Crippen LogP contribution in [0.5, 0.6) is 5.75 Å². The van der Waals surface area contributed by atoms with Gasteiger partial charge in [0.2, 0.25) is 0 Å². The number of carbonyl (C=O) groups is 1. The number of methoxy groups -OCH3 is 1. The van der Waals surface area contributed by atoms with E-state index in [1.807, 2.05) is 13.8 Å². The maximum atomic E-state index is 13.9. The number of amides is 1. The van der Waals surface area contributed by atoms with Gasteiger partial charge in [-0.2, -0.15) is 0 Å². The number of ether oxygens (including phenoxy) is 1. The average Bonchev–Trinajstić information content (AvgIpc) is 2.44. The molecule has 0 aliphatic carbocycles. The van der Waals surface area contributed by atoms with E-state index < -0.39 is 11.7 Å². The summed E-state index contributed by atoms with van der Waals surface area (Å²) in [6.45, 7) is 3.67.